The number of methoxy groups -OCH3 is 1. The van der Waals surface area contributed by atoms with Crippen LogP contribution >= 0.6 is 0 Å². The minimum Gasteiger partial charge on any atom is -0.493 e. The number of nitrogens with one attached hydrogen (secondary N) is 2. The lowest BCUT2D eigenvalue weighted by molar-refractivity contribution is 0.156. The molecule has 2 N–H and O–H groups in total. The third kappa shape index (κ3) is 4.08. The minimum atomic E-state index is -0.312. The van der Waals surface area contributed by atoms with Gasteiger partial charge in [0.2, 0.25) is 0 Å². The van der Waals surface area contributed by atoms with Gasteiger partial charge >= 0.3 is 6.03 Å². The second kappa shape index (κ2) is 7.88. The van der Waals surface area contributed by atoms with Gasteiger partial charge in [0.25, 0.3) is 0 Å². The van der Waals surface area contributed by atoms with E-state index in [1.807, 2.05) is 24.3 Å². The molecule has 3 rings (SSSR count). The highest BCUT2D eigenvalue weighted by molar-refractivity contribution is 5.74. The van der Waals surface area contributed by atoms with Crippen LogP contribution in [-0.4, -0.2) is 32.9 Å². The molecular weight excluding hydrogens is 308 g/mol. The molecule has 2 atom stereocenters. The van der Waals surface area contributed by atoms with Gasteiger partial charge in [0.05, 0.1) is 19.5 Å². The normalized spacial score (nSPS) is 17.5. The Kier molecular flexibility index (Phi) is 5.38. The number of urea groups is 1. The van der Waals surface area contributed by atoms with E-state index in [0.717, 1.165) is 12.2 Å². The van der Waals surface area contributed by atoms with Crippen LogP contribution in [0.25, 0.3) is 0 Å². The van der Waals surface area contributed by atoms with Gasteiger partial charge < -0.3 is 24.5 Å². The van der Waals surface area contributed by atoms with Crippen LogP contribution in [0.4, 0.5) is 4.79 Å². The first-order chi connectivity index (χ1) is 11.8. The van der Waals surface area contributed by atoms with Gasteiger partial charge in [-0.3, -0.25) is 0 Å². The lowest BCUT2D eigenvalue weighted by Gasteiger charge is -2.25. The summed E-state index contributed by atoms with van der Waals surface area (Å²) in [7, 11) is 1.59. The summed E-state index contributed by atoms with van der Waals surface area (Å²) in [5.74, 6) is 1.87. The van der Waals surface area contributed by atoms with E-state index >= 15 is 0 Å². The van der Waals surface area contributed by atoms with Crippen LogP contribution in [0, 0.1) is 5.92 Å². The van der Waals surface area contributed by atoms with Gasteiger partial charge in [-0.05, 0) is 30.2 Å². The number of hydrogen-bond acceptors (Lipinski definition) is 4. The number of furan rings is 1. The topological polar surface area (TPSA) is 72.7 Å². The third-order valence-corrected chi connectivity index (χ3v) is 4.03. The second-order valence-corrected chi connectivity index (χ2v) is 5.87. The minimum absolute atomic E-state index is 0.243. The van der Waals surface area contributed by atoms with E-state index in [1.165, 1.54) is 5.56 Å². The van der Waals surface area contributed by atoms with Crippen LogP contribution in [0.1, 0.15) is 17.4 Å². The van der Waals surface area contributed by atoms with Crippen molar-refractivity contribution in [3.05, 3.63) is 54.0 Å². The van der Waals surface area contributed by atoms with E-state index in [1.54, 1.807) is 19.4 Å². The summed E-state index contributed by atoms with van der Waals surface area (Å²) >= 11 is 0. The lowest BCUT2D eigenvalue weighted by atomic mass is 9.97. The zero-order chi connectivity index (χ0) is 16.8. The van der Waals surface area contributed by atoms with Crippen molar-refractivity contribution in [1.82, 2.24) is 10.6 Å². The van der Waals surface area contributed by atoms with E-state index in [0.29, 0.717) is 25.5 Å². The molecule has 2 aromatic rings. The molecule has 24 heavy (non-hydrogen) atoms. The number of rotatable bonds is 6. The Morgan fingerprint density at radius 1 is 1.33 bits per heavy atom. The molecule has 1 aromatic heterocycles. The van der Waals surface area contributed by atoms with E-state index < -0.39 is 0 Å². The fourth-order valence-electron chi connectivity index (χ4n) is 2.82. The molecule has 0 saturated carbocycles. The van der Waals surface area contributed by atoms with Crippen molar-refractivity contribution in [2.75, 3.05) is 26.9 Å². The Balaban J connectivity index is 1.49. The molecule has 6 nitrogen and oxygen atoms in total. The average molecular weight is 330 g/mol. The standard InChI is InChI=1S/C18H22N2O4/c1-22-12-15(17-7-4-8-23-17)20-18(21)19-10-13-9-14-5-2-3-6-16(14)24-11-13/h2-8,13,15H,9-12H2,1H3,(H2,19,20,21)/t13-,15+/m0/s1. The fourth-order valence-corrected chi connectivity index (χ4v) is 2.82. The molecule has 2 amide bonds. The molecule has 0 unspecified atom stereocenters. The number of ether oxygens (including phenoxy) is 2. The summed E-state index contributed by atoms with van der Waals surface area (Å²) in [5, 5.41) is 5.78. The zero-order valence-corrected chi connectivity index (χ0v) is 13.7. The molecule has 0 spiro atoms. The molecule has 6 heteroatoms. The van der Waals surface area contributed by atoms with Crippen molar-refractivity contribution in [3.63, 3.8) is 0 Å². The zero-order valence-electron chi connectivity index (χ0n) is 13.7. The number of benzene rings is 1. The number of carbonyl (C=O) groups is 1. The van der Waals surface area contributed by atoms with E-state index in [9.17, 15) is 4.79 Å². The Bertz CT molecular complexity index is 657. The lowest BCUT2D eigenvalue weighted by Crippen LogP contribution is -2.43. The maximum Gasteiger partial charge on any atom is 0.315 e. The molecule has 0 saturated heterocycles. The van der Waals surface area contributed by atoms with E-state index in [4.69, 9.17) is 13.9 Å². The van der Waals surface area contributed by atoms with Gasteiger partial charge in [-0.15, -0.1) is 0 Å². The van der Waals surface area contributed by atoms with Crippen molar-refractivity contribution < 1.29 is 18.7 Å². The first-order valence-corrected chi connectivity index (χ1v) is 8.03. The molecule has 1 aliphatic heterocycles. The summed E-state index contributed by atoms with van der Waals surface area (Å²) in [5.41, 5.74) is 1.18. The molecule has 2 heterocycles. The Morgan fingerprint density at radius 2 is 2.21 bits per heavy atom. The first-order valence-electron chi connectivity index (χ1n) is 8.03. The molecule has 0 fully saturated rings. The molecule has 0 bridgehead atoms. The van der Waals surface area contributed by atoms with Crippen molar-refractivity contribution in [2.45, 2.75) is 12.5 Å². The predicted molar refractivity (Wildman–Crippen MR) is 89.0 cm³/mol. The first kappa shape index (κ1) is 16.4. The van der Waals surface area contributed by atoms with E-state index in [-0.39, 0.29) is 18.0 Å². The monoisotopic (exact) mass is 330 g/mol. The van der Waals surface area contributed by atoms with Crippen LogP contribution in [0.2, 0.25) is 0 Å². The SMILES string of the molecule is COC[C@@H](NC(=O)NC[C@H]1COc2ccccc2C1)c1ccco1. The molecule has 0 radical (unpaired) electrons. The maximum atomic E-state index is 12.2. The summed E-state index contributed by atoms with van der Waals surface area (Å²) in [4.78, 5) is 12.2. The number of hydrogen-bond donors (Lipinski definition) is 2. The summed E-state index contributed by atoms with van der Waals surface area (Å²) < 4.78 is 16.2. The number of amides is 2. The van der Waals surface area contributed by atoms with Gasteiger partial charge in [-0.1, -0.05) is 18.2 Å². The van der Waals surface area contributed by atoms with Crippen LogP contribution < -0.4 is 15.4 Å². The van der Waals surface area contributed by atoms with Crippen LogP contribution in [0.3, 0.4) is 0 Å². The highest BCUT2D eigenvalue weighted by Crippen LogP contribution is 2.26. The average Bonchev–Trinajstić information content (AvgIpc) is 3.14. The summed E-state index contributed by atoms with van der Waals surface area (Å²) in [6.07, 6.45) is 2.48. The molecular formula is C18H22N2O4. The Morgan fingerprint density at radius 3 is 3.00 bits per heavy atom. The van der Waals surface area contributed by atoms with Gasteiger partial charge in [-0.25, -0.2) is 4.79 Å². The van der Waals surface area contributed by atoms with Gasteiger partial charge in [0.15, 0.2) is 0 Å². The maximum absolute atomic E-state index is 12.2. The largest absolute Gasteiger partial charge is 0.493 e. The van der Waals surface area contributed by atoms with Gasteiger partial charge in [0, 0.05) is 19.6 Å². The van der Waals surface area contributed by atoms with Crippen molar-refractivity contribution in [1.29, 1.82) is 0 Å². The Hall–Kier alpha value is -2.47. The second-order valence-electron chi connectivity index (χ2n) is 5.87. The van der Waals surface area contributed by atoms with Gasteiger partial charge in [-0.2, -0.15) is 0 Å². The summed E-state index contributed by atoms with van der Waals surface area (Å²) in [6, 6.07) is 11.1. The fraction of sp³-hybridized carbons (Fsp3) is 0.389. The highest BCUT2D eigenvalue weighted by atomic mass is 16.5. The summed E-state index contributed by atoms with van der Waals surface area (Å²) in [6.45, 7) is 1.51. The highest BCUT2D eigenvalue weighted by Gasteiger charge is 2.21. The smallest absolute Gasteiger partial charge is 0.315 e. The number of para-hydroxylation sites is 1. The Labute approximate surface area is 141 Å². The van der Waals surface area contributed by atoms with Crippen LogP contribution in [0.5, 0.6) is 5.75 Å². The third-order valence-electron chi connectivity index (χ3n) is 4.03. The van der Waals surface area contributed by atoms with Crippen molar-refractivity contribution >= 4 is 6.03 Å². The van der Waals surface area contributed by atoms with Gasteiger partial charge in [0.1, 0.15) is 17.6 Å². The van der Waals surface area contributed by atoms with Crippen LogP contribution in [0.15, 0.2) is 47.1 Å². The van der Waals surface area contributed by atoms with E-state index in [2.05, 4.69) is 16.7 Å². The number of fused-ring (bicyclic) bond motifs is 1. The van der Waals surface area contributed by atoms with Crippen molar-refractivity contribution in [2.24, 2.45) is 5.92 Å². The predicted octanol–water partition coefficient (Wildman–Crippen LogP) is 2.52. The molecule has 1 aromatic carbocycles. The van der Waals surface area contributed by atoms with Crippen molar-refractivity contribution in [3.8, 4) is 5.75 Å². The van der Waals surface area contributed by atoms with Crippen LogP contribution in [-0.2, 0) is 11.2 Å². The molecule has 128 valence electrons. The number of carbonyl (C=O) groups excluding carboxylic acids is 1. The quantitative estimate of drug-likeness (QED) is 0.854. The molecule has 1 aliphatic rings. The molecule has 0 aliphatic carbocycles.